The van der Waals surface area contributed by atoms with Crippen LogP contribution in [0.15, 0.2) is 0 Å². The lowest BCUT2D eigenvalue weighted by Gasteiger charge is -2.30. The van der Waals surface area contributed by atoms with Crippen molar-refractivity contribution in [2.24, 2.45) is 17.6 Å². The number of carbonyl (C=O) groups is 1. The predicted octanol–water partition coefficient (Wildman–Crippen LogP) is 0.818. The fourth-order valence-corrected chi connectivity index (χ4v) is 2.43. The first-order valence-corrected chi connectivity index (χ1v) is 6.71. The molecule has 100 valence electrons. The van der Waals surface area contributed by atoms with Crippen molar-refractivity contribution in [2.45, 2.75) is 39.2 Å². The highest BCUT2D eigenvalue weighted by atomic mass is 16.2. The standard InChI is InChI=1S/C13H27N3O/c1-10(2)7-12(14)13(17)15-8-11-5-4-6-16(3)9-11/h10-12H,4-9,14H2,1-3H3,(H,15,17)/t11?,12-/m1/s1. The van der Waals surface area contributed by atoms with Gasteiger partial charge >= 0.3 is 0 Å². The van der Waals surface area contributed by atoms with Crippen LogP contribution < -0.4 is 11.1 Å². The Morgan fingerprint density at radius 1 is 1.53 bits per heavy atom. The van der Waals surface area contributed by atoms with Gasteiger partial charge in [0.05, 0.1) is 6.04 Å². The van der Waals surface area contributed by atoms with E-state index in [0.717, 1.165) is 19.5 Å². The topological polar surface area (TPSA) is 58.4 Å². The molecule has 0 bridgehead atoms. The van der Waals surface area contributed by atoms with Gasteiger partial charge in [-0.1, -0.05) is 13.8 Å². The molecule has 1 unspecified atom stereocenters. The molecule has 0 spiro atoms. The van der Waals surface area contributed by atoms with E-state index in [1.807, 2.05) is 0 Å². The first-order chi connectivity index (χ1) is 7.99. The molecule has 0 saturated carbocycles. The molecule has 17 heavy (non-hydrogen) atoms. The normalized spacial score (nSPS) is 23.7. The van der Waals surface area contributed by atoms with Crippen LogP contribution in [0.5, 0.6) is 0 Å². The molecule has 0 radical (unpaired) electrons. The summed E-state index contributed by atoms with van der Waals surface area (Å²) < 4.78 is 0. The number of nitrogens with two attached hydrogens (primary N) is 1. The van der Waals surface area contributed by atoms with Crippen molar-refractivity contribution in [1.82, 2.24) is 10.2 Å². The molecule has 1 rings (SSSR count). The lowest BCUT2D eigenvalue weighted by atomic mass is 9.98. The van der Waals surface area contributed by atoms with Crippen molar-refractivity contribution in [3.63, 3.8) is 0 Å². The number of amides is 1. The third kappa shape index (κ3) is 5.50. The first-order valence-electron chi connectivity index (χ1n) is 6.71. The second kappa shape index (κ2) is 6.97. The number of piperidine rings is 1. The number of likely N-dealkylation sites (tertiary alicyclic amines) is 1. The summed E-state index contributed by atoms with van der Waals surface area (Å²) >= 11 is 0. The van der Waals surface area contributed by atoms with Crippen molar-refractivity contribution in [3.05, 3.63) is 0 Å². The van der Waals surface area contributed by atoms with Gasteiger partial charge in [0.25, 0.3) is 0 Å². The van der Waals surface area contributed by atoms with E-state index in [1.165, 1.54) is 19.4 Å². The van der Waals surface area contributed by atoms with Gasteiger partial charge < -0.3 is 16.0 Å². The van der Waals surface area contributed by atoms with Crippen LogP contribution in [0.25, 0.3) is 0 Å². The Labute approximate surface area is 105 Å². The molecular weight excluding hydrogens is 214 g/mol. The summed E-state index contributed by atoms with van der Waals surface area (Å²) in [5, 5.41) is 2.99. The molecule has 4 nitrogen and oxygen atoms in total. The summed E-state index contributed by atoms with van der Waals surface area (Å²) in [6.45, 7) is 7.21. The summed E-state index contributed by atoms with van der Waals surface area (Å²) in [4.78, 5) is 14.1. The Balaban J connectivity index is 2.22. The van der Waals surface area contributed by atoms with Crippen LogP contribution in [0.4, 0.5) is 0 Å². The van der Waals surface area contributed by atoms with E-state index < -0.39 is 0 Å². The zero-order valence-corrected chi connectivity index (χ0v) is 11.4. The maximum Gasteiger partial charge on any atom is 0.236 e. The van der Waals surface area contributed by atoms with Crippen LogP contribution >= 0.6 is 0 Å². The number of hydrogen-bond acceptors (Lipinski definition) is 3. The van der Waals surface area contributed by atoms with Crippen molar-refractivity contribution >= 4 is 5.91 Å². The number of nitrogens with zero attached hydrogens (tertiary/aromatic N) is 1. The zero-order valence-electron chi connectivity index (χ0n) is 11.4. The molecular formula is C13H27N3O. The number of nitrogens with one attached hydrogen (secondary N) is 1. The fourth-order valence-electron chi connectivity index (χ4n) is 2.43. The summed E-state index contributed by atoms with van der Waals surface area (Å²) in [5.74, 6) is 1.06. The van der Waals surface area contributed by atoms with Gasteiger partial charge in [-0.2, -0.15) is 0 Å². The molecule has 1 saturated heterocycles. The predicted molar refractivity (Wildman–Crippen MR) is 70.7 cm³/mol. The van der Waals surface area contributed by atoms with E-state index in [4.69, 9.17) is 5.73 Å². The SMILES string of the molecule is CC(C)C[C@@H](N)C(=O)NCC1CCCN(C)C1. The van der Waals surface area contributed by atoms with Crippen molar-refractivity contribution in [1.29, 1.82) is 0 Å². The second-order valence-electron chi connectivity index (χ2n) is 5.75. The van der Waals surface area contributed by atoms with Crippen LogP contribution in [0.1, 0.15) is 33.1 Å². The van der Waals surface area contributed by atoms with E-state index >= 15 is 0 Å². The van der Waals surface area contributed by atoms with Gasteiger partial charge in [0.1, 0.15) is 0 Å². The van der Waals surface area contributed by atoms with Gasteiger partial charge in [0, 0.05) is 13.1 Å². The van der Waals surface area contributed by atoms with Crippen LogP contribution in [0.2, 0.25) is 0 Å². The highest BCUT2D eigenvalue weighted by Crippen LogP contribution is 2.14. The van der Waals surface area contributed by atoms with Crippen molar-refractivity contribution in [3.8, 4) is 0 Å². The highest BCUT2D eigenvalue weighted by molar-refractivity contribution is 5.81. The fraction of sp³-hybridized carbons (Fsp3) is 0.923. The number of carbonyl (C=O) groups excluding carboxylic acids is 1. The van der Waals surface area contributed by atoms with Gasteiger partial charge in [0.2, 0.25) is 5.91 Å². The van der Waals surface area contributed by atoms with Gasteiger partial charge in [-0.25, -0.2) is 0 Å². The molecule has 0 aromatic rings. The molecule has 1 fully saturated rings. The average molecular weight is 241 g/mol. The monoisotopic (exact) mass is 241 g/mol. The Kier molecular flexibility index (Phi) is 5.92. The minimum Gasteiger partial charge on any atom is -0.354 e. The van der Waals surface area contributed by atoms with Crippen LogP contribution in [0.3, 0.4) is 0 Å². The second-order valence-corrected chi connectivity index (χ2v) is 5.75. The molecule has 4 heteroatoms. The summed E-state index contributed by atoms with van der Waals surface area (Å²) in [6.07, 6.45) is 3.20. The minimum atomic E-state index is -0.351. The van der Waals surface area contributed by atoms with Gasteiger partial charge in [-0.05, 0) is 44.7 Å². The Morgan fingerprint density at radius 3 is 2.82 bits per heavy atom. The minimum absolute atomic E-state index is 0.00641. The third-order valence-corrected chi connectivity index (χ3v) is 3.35. The first kappa shape index (κ1) is 14.5. The molecule has 1 aliphatic heterocycles. The molecule has 1 heterocycles. The third-order valence-electron chi connectivity index (χ3n) is 3.35. The lowest BCUT2D eigenvalue weighted by molar-refractivity contribution is -0.122. The Morgan fingerprint density at radius 2 is 2.24 bits per heavy atom. The highest BCUT2D eigenvalue weighted by Gasteiger charge is 2.20. The van der Waals surface area contributed by atoms with E-state index in [9.17, 15) is 4.79 Å². The van der Waals surface area contributed by atoms with Crippen molar-refractivity contribution < 1.29 is 4.79 Å². The number of rotatable bonds is 5. The zero-order chi connectivity index (χ0) is 12.8. The van der Waals surface area contributed by atoms with E-state index in [2.05, 4.69) is 31.1 Å². The molecule has 3 N–H and O–H groups in total. The molecule has 1 amide bonds. The van der Waals surface area contributed by atoms with Crippen LogP contribution in [0, 0.1) is 11.8 Å². The Hall–Kier alpha value is -0.610. The smallest absolute Gasteiger partial charge is 0.236 e. The van der Waals surface area contributed by atoms with Gasteiger partial charge in [0.15, 0.2) is 0 Å². The molecule has 0 aliphatic carbocycles. The maximum absolute atomic E-state index is 11.8. The van der Waals surface area contributed by atoms with Crippen LogP contribution in [-0.2, 0) is 4.79 Å². The van der Waals surface area contributed by atoms with E-state index in [0.29, 0.717) is 11.8 Å². The Bertz CT molecular complexity index is 243. The maximum atomic E-state index is 11.8. The quantitative estimate of drug-likeness (QED) is 0.749. The summed E-state index contributed by atoms with van der Waals surface area (Å²) in [6, 6.07) is -0.351. The van der Waals surface area contributed by atoms with E-state index in [-0.39, 0.29) is 11.9 Å². The van der Waals surface area contributed by atoms with E-state index in [1.54, 1.807) is 0 Å². The lowest BCUT2D eigenvalue weighted by Crippen LogP contribution is -2.45. The molecule has 2 atom stereocenters. The van der Waals surface area contributed by atoms with Gasteiger partial charge in [-0.15, -0.1) is 0 Å². The molecule has 0 aromatic carbocycles. The summed E-state index contributed by atoms with van der Waals surface area (Å²) in [5.41, 5.74) is 5.84. The average Bonchev–Trinajstić information content (AvgIpc) is 2.25. The van der Waals surface area contributed by atoms with Crippen molar-refractivity contribution in [2.75, 3.05) is 26.7 Å². The van der Waals surface area contributed by atoms with Gasteiger partial charge in [-0.3, -0.25) is 4.79 Å². The molecule has 0 aromatic heterocycles. The number of hydrogen-bond donors (Lipinski definition) is 2. The molecule has 1 aliphatic rings. The summed E-state index contributed by atoms with van der Waals surface area (Å²) in [7, 11) is 2.14. The van der Waals surface area contributed by atoms with Crippen LogP contribution in [-0.4, -0.2) is 43.5 Å². The largest absolute Gasteiger partial charge is 0.354 e.